The third-order valence-electron chi connectivity index (χ3n) is 3.08. The first-order valence-corrected chi connectivity index (χ1v) is 6.78. The van der Waals surface area contributed by atoms with Crippen LogP contribution in [0, 0.1) is 0 Å². The smallest absolute Gasteiger partial charge is 0.0772 e. The lowest BCUT2D eigenvalue weighted by Gasteiger charge is -2.24. The molecule has 1 aliphatic rings. The maximum Gasteiger partial charge on any atom is 0.0772 e. The second-order valence-corrected chi connectivity index (χ2v) is 5.41. The van der Waals surface area contributed by atoms with Gasteiger partial charge in [0, 0.05) is 22.7 Å². The van der Waals surface area contributed by atoms with Gasteiger partial charge in [-0.1, -0.05) is 28.1 Å². The molecule has 1 atom stereocenters. The van der Waals surface area contributed by atoms with Crippen LogP contribution in [0.15, 0.2) is 35.3 Å². The Bertz CT molecular complexity index is 413. The largest absolute Gasteiger partial charge is 0.389 e. The quantitative estimate of drug-likeness (QED) is 0.838. The first-order chi connectivity index (χ1) is 8.13. The van der Waals surface area contributed by atoms with Gasteiger partial charge in [-0.2, -0.15) is 0 Å². The summed E-state index contributed by atoms with van der Waals surface area (Å²) in [6.07, 6.45) is 4.04. The van der Waals surface area contributed by atoms with Crippen LogP contribution in [0.1, 0.15) is 31.4 Å². The van der Waals surface area contributed by atoms with Crippen LogP contribution in [0.4, 0.5) is 5.69 Å². The first-order valence-electron chi connectivity index (χ1n) is 5.98. The molecule has 0 radical (unpaired) electrons. The van der Waals surface area contributed by atoms with Crippen molar-refractivity contribution >= 4 is 21.6 Å². The van der Waals surface area contributed by atoms with E-state index in [1.807, 2.05) is 12.1 Å². The summed E-state index contributed by atoms with van der Waals surface area (Å²) in [5.74, 6) is 0. The number of hydrogen-bond acceptors (Lipinski definition) is 2. The molecule has 1 aliphatic carbocycles. The molecule has 1 aromatic carbocycles. The van der Waals surface area contributed by atoms with Gasteiger partial charge in [-0.3, -0.25) is 0 Å². The third kappa shape index (κ3) is 2.90. The van der Waals surface area contributed by atoms with Crippen molar-refractivity contribution in [3.8, 4) is 0 Å². The van der Waals surface area contributed by atoms with Crippen LogP contribution < -0.4 is 4.90 Å². The Morgan fingerprint density at radius 3 is 2.76 bits per heavy atom. The van der Waals surface area contributed by atoms with E-state index in [2.05, 4.69) is 39.5 Å². The van der Waals surface area contributed by atoms with E-state index in [-0.39, 0.29) is 0 Å². The van der Waals surface area contributed by atoms with Crippen molar-refractivity contribution in [3.05, 3.63) is 40.9 Å². The predicted molar refractivity (Wildman–Crippen MR) is 75.3 cm³/mol. The van der Waals surface area contributed by atoms with Gasteiger partial charge in [0.2, 0.25) is 0 Å². The van der Waals surface area contributed by atoms with Crippen molar-refractivity contribution in [2.24, 2.45) is 0 Å². The normalized spacial score (nSPS) is 16.6. The minimum absolute atomic E-state index is 0.438. The molecular weight excluding hydrogens is 278 g/mol. The number of anilines is 1. The van der Waals surface area contributed by atoms with Gasteiger partial charge in [-0.25, -0.2) is 0 Å². The summed E-state index contributed by atoms with van der Waals surface area (Å²) >= 11 is 3.52. The third-order valence-corrected chi connectivity index (χ3v) is 3.77. The van der Waals surface area contributed by atoms with Crippen molar-refractivity contribution < 1.29 is 5.11 Å². The fourth-order valence-corrected chi connectivity index (χ4v) is 2.72. The summed E-state index contributed by atoms with van der Waals surface area (Å²) in [4.78, 5) is 2.36. The van der Waals surface area contributed by atoms with E-state index in [9.17, 15) is 5.11 Å². The van der Waals surface area contributed by atoms with Crippen molar-refractivity contribution in [1.29, 1.82) is 0 Å². The number of hydrogen-bond donors (Lipinski definition) is 1. The van der Waals surface area contributed by atoms with Crippen LogP contribution in [0.5, 0.6) is 0 Å². The van der Waals surface area contributed by atoms with Gasteiger partial charge in [0.25, 0.3) is 0 Å². The van der Waals surface area contributed by atoms with Crippen LogP contribution >= 0.6 is 15.9 Å². The lowest BCUT2D eigenvalue weighted by Crippen LogP contribution is -2.25. The molecule has 0 saturated heterocycles. The average molecular weight is 296 g/mol. The molecule has 1 fully saturated rings. The highest BCUT2D eigenvalue weighted by atomic mass is 79.9. The number of benzene rings is 1. The maximum absolute atomic E-state index is 9.60. The molecule has 0 aliphatic heterocycles. The summed E-state index contributed by atoms with van der Waals surface area (Å²) in [7, 11) is 0. The van der Waals surface area contributed by atoms with Crippen molar-refractivity contribution in [2.45, 2.75) is 31.9 Å². The van der Waals surface area contributed by atoms with E-state index in [0.717, 1.165) is 16.6 Å². The fourth-order valence-electron chi connectivity index (χ4n) is 2.02. The monoisotopic (exact) mass is 295 g/mol. The summed E-state index contributed by atoms with van der Waals surface area (Å²) in [5, 5.41) is 9.60. The molecule has 1 saturated carbocycles. The van der Waals surface area contributed by atoms with Crippen LogP contribution in [0.25, 0.3) is 0 Å². The van der Waals surface area contributed by atoms with Crippen LogP contribution in [-0.2, 0) is 0 Å². The molecule has 2 rings (SSSR count). The second-order valence-electron chi connectivity index (χ2n) is 4.55. The highest BCUT2D eigenvalue weighted by Gasteiger charge is 2.28. The second kappa shape index (κ2) is 5.23. The predicted octanol–water partition coefficient (Wildman–Crippen LogP) is 3.66. The van der Waals surface area contributed by atoms with Crippen LogP contribution in [-0.4, -0.2) is 17.7 Å². The zero-order valence-corrected chi connectivity index (χ0v) is 11.7. The number of nitrogens with zero attached hydrogens (tertiary/aromatic N) is 1. The molecule has 1 aromatic rings. The van der Waals surface area contributed by atoms with Gasteiger partial charge in [0.15, 0.2) is 0 Å². The molecule has 0 spiro atoms. The average Bonchev–Trinajstić information content (AvgIpc) is 3.09. The molecule has 0 heterocycles. The van der Waals surface area contributed by atoms with Gasteiger partial charge in [0.05, 0.1) is 6.10 Å². The van der Waals surface area contributed by atoms with E-state index in [1.165, 1.54) is 18.5 Å². The van der Waals surface area contributed by atoms with Gasteiger partial charge < -0.3 is 10.0 Å². The lowest BCUT2D eigenvalue weighted by atomic mass is 10.1. The number of aliphatic hydroxyl groups is 1. The summed E-state index contributed by atoms with van der Waals surface area (Å²) < 4.78 is 0.972. The Kier molecular flexibility index (Phi) is 3.89. The lowest BCUT2D eigenvalue weighted by molar-refractivity contribution is 0.198. The van der Waals surface area contributed by atoms with Crippen molar-refractivity contribution in [1.82, 2.24) is 0 Å². The zero-order valence-electron chi connectivity index (χ0n) is 10.1. The van der Waals surface area contributed by atoms with Crippen molar-refractivity contribution in [2.75, 3.05) is 11.4 Å². The molecule has 2 nitrogen and oxygen atoms in total. The van der Waals surface area contributed by atoms with E-state index in [0.29, 0.717) is 6.04 Å². The number of aliphatic hydroxyl groups excluding tert-OH is 1. The van der Waals surface area contributed by atoms with E-state index >= 15 is 0 Å². The van der Waals surface area contributed by atoms with Gasteiger partial charge in [0.1, 0.15) is 0 Å². The topological polar surface area (TPSA) is 23.5 Å². The Labute approximate surface area is 111 Å². The maximum atomic E-state index is 9.60. The summed E-state index contributed by atoms with van der Waals surface area (Å²) in [5.41, 5.74) is 2.13. The Hall–Kier alpha value is -0.800. The molecule has 0 bridgehead atoms. The standard InChI is InChI=1S/C14H18BrNO/c1-3-8-16(11-4-5-11)12-6-7-13(10(2)17)14(15)9-12/h3,6-7,9-11,17H,1,4-5,8H2,2H3/t10-/m1/s1. The van der Waals surface area contributed by atoms with Crippen LogP contribution in [0.3, 0.4) is 0 Å². The number of rotatable bonds is 5. The molecule has 1 N–H and O–H groups in total. The Morgan fingerprint density at radius 1 is 1.59 bits per heavy atom. The molecule has 0 unspecified atom stereocenters. The van der Waals surface area contributed by atoms with Gasteiger partial charge in [-0.05, 0) is 37.5 Å². The minimum Gasteiger partial charge on any atom is -0.389 e. The van der Waals surface area contributed by atoms with Crippen molar-refractivity contribution in [3.63, 3.8) is 0 Å². The van der Waals surface area contributed by atoms with Gasteiger partial charge in [-0.15, -0.1) is 6.58 Å². The molecule has 3 heteroatoms. The minimum atomic E-state index is -0.438. The Balaban J connectivity index is 2.25. The number of halogens is 1. The summed E-state index contributed by atoms with van der Waals surface area (Å²) in [6, 6.07) is 6.82. The highest BCUT2D eigenvalue weighted by molar-refractivity contribution is 9.10. The van der Waals surface area contributed by atoms with Gasteiger partial charge >= 0.3 is 0 Å². The molecule has 92 valence electrons. The SMILES string of the molecule is C=CCN(c1ccc([C@@H](C)O)c(Br)c1)C1CC1. The van der Waals surface area contributed by atoms with E-state index < -0.39 is 6.10 Å². The zero-order chi connectivity index (χ0) is 12.4. The summed E-state index contributed by atoms with van der Waals surface area (Å²) in [6.45, 7) is 6.47. The highest BCUT2D eigenvalue weighted by Crippen LogP contribution is 2.34. The molecular formula is C14H18BrNO. The fraction of sp³-hybridized carbons (Fsp3) is 0.429. The molecule has 17 heavy (non-hydrogen) atoms. The van der Waals surface area contributed by atoms with Crippen LogP contribution in [0.2, 0.25) is 0 Å². The Morgan fingerprint density at radius 2 is 2.29 bits per heavy atom. The van der Waals surface area contributed by atoms with E-state index in [4.69, 9.17) is 0 Å². The van der Waals surface area contributed by atoms with E-state index in [1.54, 1.807) is 6.92 Å². The first kappa shape index (κ1) is 12.7. The molecule has 0 amide bonds. The molecule has 0 aromatic heterocycles.